The summed E-state index contributed by atoms with van der Waals surface area (Å²) >= 11 is 3.11. The van der Waals surface area contributed by atoms with Gasteiger partial charge in [-0.1, -0.05) is 0 Å². The Morgan fingerprint density at radius 1 is 1.47 bits per heavy atom. The number of anilines is 1. The molecule has 0 aliphatic carbocycles. The number of fused-ring (bicyclic) bond motifs is 1. The first-order valence-corrected chi connectivity index (χ1v) is 5.10. The molecule has 2 N–H and O–H groups in total. The predicted octanol–water partition coefficient (Wildman–Crippen LogP) is 1.72. The monoisotopic (exact) mass is 272 g/mol. The number of rotatable bonds is 1. The van der Waals surface area contributed by atoms with Crippen LogP contribution in [-0.2, 0) is 0 Å². The maximum Gasteiger partial charge on any atom is 0.220 e. The maximum absolute atomic E-state index is 13.4. The highest BCUT2D eigenvalue weighted by Gasteiger charge is 2.12. The summed E-state index contributed by atoms with van der Waals surface area (Å²) in [4.78, 5) is 4.14. The molecule has 15 heavy (non-hydrogen) atoms. The van der Waals surface area contributed by atoms with Gasteiger partial charge in [0.25, 0.3) is 0 Å². The van der Waals surface area contributed by atoms with Crippen LogP contribution in [0.3, 0.4) is 0 Å². The third kappa shape index (κ3) is 1.54. The molecule has 80 valence electrons. The van der Waals surface area contributed by atoms with E-state index >= 15 is 0 Å². The van der Waals surface area contributed by atoms with Crippen LogP contribution in [0.15, 0.2) is 16.6 Å². The molecule has 6 heteroatoms. The van der Waals surface area contributed by atoms with E-state index < -0.39 is 0 Å². The first-order valence-electron chi connectivity index (χ1n) is 4.31. The Kier molecular flexibility index (Phi) is 2.30. The molecular formula is C9H10BrFN4. The highest BCUT2D eigenvalue weighted by molar-refractivity contribution is 9.10. The molecule has 2 rings (SSSR count). The topological polar surface area (TPSA) is 47.1 Å². The number of nitrogens with zero attached hydrogens (tertiary/aromatic N) is 3. The third-order valence-electron chi connectivity index (χ3n) is 2.10. The van der Waals surface area contributed by atoms with Gasteiger partial charge in [0, 0.05) is 20.2 Å². The van der Waals surface area contributed by atoms with Gasteiger partial charge in [0.05, 0.1) is 15.5 Å². The van der Waals surface area contributed by atoms with Gasteiger partial charge < -0.3 is 10.7 Å². The largest absolute Gasteiger partial charge is 0.368 e. The Bertz CT molecular complexity index is 520. The van der Waals surface area contributed by atoms with Crippen molar-refractivity contribution in [2.24, 2.45) is 0 Å². The van der Waals surface area contributed by atoms with Gasteiger partial charge in [-0.05, 0) is 22.0 Å². The van der Waals surface area contributed by atoms with Crippen molar-refractivity contribution >= 4 is 32.9 Å². The Labute approximate surface area is 94.6 Å². The SMILES string of the molecule is CN(C)n1c(N)nc2cc(Br)c(F)cc21. The molecule has 0 bridgehead atoms. The number of nitrogens with two attached hydrogens (primary N) is 1. The Morgan fingerprint density at radius 3 is 2.73 bits per heavy atom. The van der Waals surface area contributed by atoms with Crippen LogP contribution >= 0.6 is 15.9 Å². The molecule has 0 spiro atoms. The average Bonchev–Trinajstić information content (AvgIpc) is 2.41. The Morgan fingerprint density at radius 2 is 2.13 bits per heavy atom. The van der Waals surface area contributed by atoms with Gasteiger partial charge in [0.2, 0.25) is 5.95 Å². The van der Waals surface area contributed by atoms with Crippen molar-refractivity contribution in [3.8, 4) is 0 Å². The molecule has 2 aromatic rings. The minimum absolute atomic E-state index is 0.328. The van der Waals surface area contributed by atoms with Crippen molar-refractivity contribution in [1.82, 2.24) is 9.66 Å². The number of imidazole rings is 1. The van der Waals surface area contributed by atoms with Crippen molar-refractivity contribution in [1.29, 1.82) is 0 Å². The van der Waals surface area contributed by atoms with E-state index in [4.69, 9.17) is 5.73 Å². The zero-order valence-electron chi connectivity index (χ0n) is 8.33. The molecule has 0 aliphatic rings. The van der Waals surface area contributed by atoms with E-state index in [9.17, 15) is 4.39 Å². The summed E-state index contributed by atoms with van der Waals surface area (Å²) in [7, 11) is 3.63. The Balaban J connectivity index is 2.81. The van der Waals surface area contributed by atoms with Gasteiger partial charge in [-0.2, -0.15) is 0 Å². The van der Waals surface area contributed by atoms with Crippen LogP contribution in [0, 0.1) is 5.82 Å². The van der Waals surface area contributed by atoms with E-state index in [1.54, 1.807) is 15.8 Å². The first kappa shape index (κ1) is 10.2. The van der Waals surface area contributed by atoms with E-state index in [0.29, 0.717) is 21.5 Å². The minimum Gasteiger partial charge on any atom is -0.368 e. The molecule has 1 aromatic heterocycles. The van der Waals surface area contributed by atoms with Crippen molar-refractivity contribution in [2.75, 3.05) is 24.8 Å². The zero-order chi connectivity index (χ0) is 11.2. The zero-order valence-corrected chi connectivity index (χ0v) is 9.92. The van der Waals surface area contributed by atoms with Gasteiger partial charge in [-0.3, -0.25) is 0 Å². The molecule has 4 nitrogen and oxygen atoms in total. The van der Waals surface area contributed by atoms with E-state index in [1.807, 2.05) is 14.1 Å². The number of aromatic nitrogens is 2. The molecular weight excluding hydrogens is 263 g/mol. The average molecular weight is 273 g/mol. The number of hydrogen-bond donors (Lipinski definition) is 1. The van der Waals surface area contributed by atoms with Crippen LogP contribution in [0.2, 0.25) is 0 Å². The normalized spacial score (nSPS) is 10.9. The van der Waals surface area contributed by atoms with Crippen LogP contribution in [-0.4, -0.2) is 23.8 Å². The lowest BCUT2D eigenvalue weighted by molar-refractivity contribution is 0.621. The van der Waals surface area contributed by atoms with E-state index in [1.165, 1.54) is 6.07 Å². The Hall–Kier alpha value is -1.30. The highest BCUT2D eigenvalue weighted by atomic mass is 79.9. The summed E-state index contributed by atoms with van der Waals surface area (Å²) in [5, 5.41) is 1.75. The minimum atomic E-state index is -0.328. The van der Waals surface area contributed by atoms with Crippen molar-refractivity contribution in [3.05, 3.63) is 22.4 Å². The van der Waals surface area contributed by atoms with E-state index in [-0.39, 0.29) is 5.82 Å². The summed E-state index contributed by atoms with van der Waals surface area (Å²) in [5.41, 5.74) is 7.04. The molecule has 0 saturated carbocycles. The molecule has 1 aromatic carbocycles. The van der Waals surface area contributed by atoms with Crippen molar-refractivity contribution in [3.63, 3.8) is 0 Å². The smallest absolute Gasteiger partial charge is 0.220 e. The first-order chi connectivity index (χ1) is 7.00. The van der Waals surface area contributed by atoms with Crippen molar-refractivity contribution in [2.45, 2.75) is 0 Å². The van der Waals surface area contributed by atoms with Crippen molar-refractivity contribution < 1.29 is 4.39 Å². The second kappa shape index (κ2) is 3.37. The summed E-state index contributed by atoms with van der Waals surface area (Å²) in [6, 6.07) is 3.02. The molecule has 0 aliphatic heterocycles. The third-order valence-corrected chi connectivity index (χ3v) is 2.71. The van der Waals surface area contributed by atoms with Gasteiger partial charge in [0.15, 0.2) is 0 Å². The van der Waals surface area contributed by atoms with Crippen LogP contribution in [0.1, 0.15) is 0 Å². The van der Waals surface area contributed by atoms with Gasteiger partial charge in [-0.15, -0.1) is 0 Å². The summed E-state index contributed by atoms with van der Waals surface area (Å²) in [6.45, 7) is 0. The molecule has 0 fully saturated rings. The summed E-state index contributed by atoms with van der Waals surface area (Å²) < 4.78 is 15.4. The second-order valence-corrected chi connectivity index (χ2v) is 4.24. The lowest BCUT2D eigenvalue weighted by Gasteiger charge is -2.16. The summed E-state index contributed by atoms with van der Waals surface area (Å²) in [6.07, 6.45) is 0. The van der Waals surface area contributed by atoms with E-state index in [0.717, 1.165) is 0 Å². The lowest BCUT2D eigenvalue weighted by Crippen LogP contribution is -2.26. The molecule has 0 atom stereocenters. The van der Waals surface area contributed by atoms with Crippen LogP contribution in [0.5, 0.6) is 0 Å². The second-order valence-electron chi connectivity index (χ2n) is 3.38. The molecule has 0 saturated heterocycles. The molecule has 0 amide bonds. The maximum atomic E-state index is 13.4. The molecule has 0 unspecified atom stereocenters. The number of hydrogen-bond acceptors (Lipinski definition) is 3. The fourth-order valence-electron chi connectivity index (χ4n) is 1.50. The number of halogens is 2. The fourth-order valence-corrected chi connectivity index (χ4v) is 1.83. The standard InChI is InChI=1S/C9H10BrFN4/c1-14(2)15-8-4-6(11)5(10)3-7(8)13-9(15)12/h3-4H,1-2H3,(H2,12,13). The van der Waals surface area contributed by atoms with Gasteiger partial charge in [-0.25, -0.2) is 14.1 Å². The molecule has 0 radical (unpaired) electrons. The number of nitrogen functional groups attached to an aromatic ring is 1. The van der Waals surface area contributed by atoms with Gasteiger partial charge in [0.1, 0.15) is 5.82 Å². The molecule has 1 heterocycles. The fraction of sp³-hybridized carbons (Fsp3) is 0.222. The van der Waals surface area contributed by atoms with E-state index in [2.05, 4.69) is 20.9 Å². The van der Waals surface area contributed by atoms with Crippen LogP contribution in [0.25, 0.3) is 11.0 Å². The quantitative estimate of drug-likeness (QED) is 0.860. The predicted molar refractivity (Wildman–Crippen MR) is 61.9 cm³/mol. The van der Waals surface area contributed by atoms with Crippen LogP contribution in [0.4, 0.5) is 10.3 Å². The lowest BCUT2D eigenvalue weighted by atomic mass is 10.3. The van der Waals surface area contributed by atoms with Gasteiger partial charge >= 0.3 is 0 Å². The summed E-state index contributed by atoms with van der Waals surface area (Å²) in [5.74, 6) is 0.0120. The highest BCUT2D eigenvalue weighted by Crippen LogP contribution is 2.24. The van der Waals surface area contributed by atoms with Crippen LogP contribution < -0.4 is 10.7 Å². The number of benzene rings is 1.